The van der Waals surface area contributed by atoms with Crippen LogP contribution >= 0.6 is 0 Å². The number of carbonyl (C=O) groups excluding carboxylic acids is 1. The maximum absolute atomic E-state index is 13.2. The van der Waals surface area contributed by atoms with Crippen molar-refractivity contribution in [1.82, 2.24) is 14.7 Å². The summed E-state index contributed by atoms with van der Waals surface area (Å²) in [6.07, 6.45) is -0.978. The molecule has 3 aromatic rings. The molecule has 7 heteroatoms. The van der Waals surface area contributed by atoms with Crippen molar-refractivity contribution in [2.45, 2.75) is 20.0 Å². The molecular formula is C23H24FN3O3. The zero-order valence-corrected chi connectivity index (χ0v) is 16.9. The summed E-state index contributed by atoms with van der Waals surface area (Å²) in [4.78, 5) is 26.9. The number of aromatic nitrogens is 2. The van der Waals surface area contributed by atoms with Crippen molar-refractivity contribution in [2.24, 2.45) is 5.92 Å². The van der Waals surface area contributed by atoms with Crippen molar-refractivity contribution >= 4 is 5.91 Å². The molecule has 0 spiro atoms. The van der Waals surface area contributed by atoms with Gasteiger partial charge in [-0.25, -0.2) is 4.39 Å². The SMILES string of the molecule is CC(C)CN(CC(O)c1ccc(F)cc1)C(=O)c1ccc(=O)n(-c2ccccc2)n1. The minimum Gasteiger partial charge on any atom is -0.387 e. The molecule has 0 aliphatic carbocycles. The van der Waals surface area contributed by atoms with E-state index < -0.39 is 17.8 Å². The number of carbonyl (C=O) groups is 1. The number of rotatable bonds is 7. The molecule has 1 amide bonds. The molecule has 1 heterocycles. The molecule has 0 saturated heterocycles. The fourth-order valence-electron chi connectivity index (χ4n) is 3.12. The molecule has 30 heavy (non-hydrogen) atoms. The average Bonchev–Trinajstić information content (AvgIpc) is 2.74. The van der Waals surface area contributed by atoms with Gasteiger partial charge in [-0.1, -0.05) is 44.2 Å². The van der Waals surface area contributed by atoms with E-state index in [0.717, 1.165) is 0 Å². The third kappa shape index (κ3) is 5.18. The van der Waals surface area contributed by atoms with Crippen molar-refractivity contribution in [3.05, 3.63) is 94.2 Å². The van der Waals surface area contributed by atoms with Crippen LogP contribution in [0.4, 0.5) is 4.39 Å². The second-order valence-corrected chi connectivity index (χ2v) is 7.48. The predicted molar refractivity (Wildman–Crippen MR) is 112 cm³/mol. The molecule has 1 aromatic heterocycles. The summed E-state index contributed by atoms with van der Waals surface area (Å²) in [5.41, 5.74) is 0.823. The lowest BCUT2D eigenvalue weighted by Gasteiger charge is -2.27. The van der Waals surface area contributed by atoms with Crippen molar-refractivity contribution in [2.75, 3.05) is 13.1 Å². The highest BCUT2D eigenvalue weighted by Gasteiger charge is 2.23. The van der Waals surface area contributed by atoms with Crippen LogP contribution in [0.15, 0.2) is 71.5 Å². The zero-order valence-electron chi connectivity index (χ0n) is 16.9. The Morgan fingerprint density at radius 1 is 1.03 bits per heavy atom. The van der Waals surface area contributed by atoms with Crippen LogP contribution in [0.2, 0.25) is 0 Å². The van der Waals surface area contributed by atoms with E-state index in [4.69, 9.17) is 0 Å². The average molecular weight is 409 g/mol. The number of amides is 1. The first-order valence-corrected chi connectivity index (χ1v) is 9.73. The van der Waals surface area contributed by atoms with E-state index in [0.29, 0.717) is 17.8 Å². The third-order valence-corrected chi connectivity index (χ3v) is 4.54. The largest absolute Gasteiger partial charge is 0.387 e. The van der Waals surface area contributed by atoms with E-state index in [2.05, 4.69) is 5.10 Å². The van der Waals surface area contributed by atoms with Crippen LogP contribution in [-0.2, 0) is 0 Å². The van der Waals surface area contributed by atoms with E-state index in [1.54, 1.807) is 24.3 Å². The van der Waals surface area contributed by atoms with E-state index in [-0.39, 0.29) is 23.7 Å². The highest BCUT2D eigenvalue weighted by molar-refractivity contribution is 5.92. The Balaban J connectivity index is 1.88. The third-order valence-electron chi connectivity index (χ3n) is 4.54. The molecule has 0 aliphatic rings. The van der Waals surface area contributed by atoms with Crippen LogP contribution in [0.25, 0.3) is 5.69 Å². The standard InChI is InChI=1S/C23H24FN3O3/c1-16(2)14-26(15-21(28)17-8-10-18(24)11-9-17)23(30)20-12-13-22(29)27(25-20)19-6-4-3-5-7-19/h3-13,16,21,28H,14-15H2,1-2H3. The number of hydrogen-bond acceptors (Lipinski definition) is 4. The molecule has 1 atom stereocenters. The number of aliphatic hydroxyl groups is 1. The summed E-state index contributed by atoms with van der Waals surface area (Å²) in [6.45, 7) is 4.34. The van der Waals surface area contributed by atoms with Crippen LogP contribution in [0.1, 0.15) is 36.0 Å². The quantitative estimate of drug-likeness (QED) is 0.650. The van der Waals surface area contributed by atoms with Crippen LogP contribution in [0.3, 0.4) is 0 Å². The van der Waals surface area contributed by atoms with Gasteiger partial charge in [0.25, 0.3) is 11.5 Å². The molecule has 0 radical (unpaired) electrons. The number of hydrogen-bond donors (Lipinski definition) is 1. The molecule has 1 unspecified atom stereocenters. The molecule has 2 aromatic carbocycles. The number of nitrogens with zero attached hydrogens (tertiary/aromatic N) is 3. The summed E-state index contributed by atoms with van der Waals surface area (Å²) in [5, 5.41) is 14.8. The predicted octanol–water partition coefficient (Wildman–Crippen LogP) is 3.20. The van der Waals surface area contributed by atoms with Gasteiger partial charge in [-0.2, -0.15) is 9.78 Å². The summed E-state index contributed by atoms with van der Waals surface area (Å²) >= 11 is 0. The normalized spacial score (nSPS) is 12.0. The van der Waals surface area contributed by atoms with E-state index in [9.17, 15) is 19.1 Å². The molecule has 1 N–H and O–H groups in total. The lowest BCUT2D eigenvalue weighted by molar-refractivity contribution is 0.0587. The van der Waals surface area contributed by atoms with E-state index >= 15 is 0 Å². The van der Waals surface area contributed by atoms with Crippen molar-refractivity contribution in [3.8, 4) is 5.69 Å². The fraction of sp³-hybridized carbons (Fsp3) is 0.261. The first kappa shape index (κ1) is 21.4. The van der Waals surface area contributed by atoms with Gasteiger partial charge in [-0.05, 0) is 41.8 Å². The van der Waals surface area contributed by atoms with Gasteiger partial charge in [0.15, 0.2) is 0 Å². The molecule has 6 nitrogen and oxygen atoms in total. The molecule has 0 aliphatic heterocycles. The van der Waals surface area contributed by atoms with Gasteiger partial charge in [0, 0.05) is 12.6 Å². The van der Waals surface area contributed by atoms with Crippen LogP contribution in [0.5, 0.6) is 0 Å². The maximum atomic E-state index is 13.2. The molecule has 156 valence electrons. The van der Waals surface area contributed by atoms with Gasteiger partial charge in [-0.15, -0.1) is 0 Å². The Hall–Kier alpha value is -3.32. The first-order chi connectivity index (χ1) is 14.3. The van der Waals surface area contributed by atoms with Crippen molar-refractivity contribution < 1.29 is 14.3 Å². The highest BCUT2D eigenvalue weighted by Crippen LogP contribution is 2.17. The van der Waals surface area contributed by atoms with E-state index in [1.807, 2.05) is 19.9 Å². The Kier molecular flexibility index (Phi) is 6.74. The van der Waals surface area contributed by atoms with Crippen LogP contribution in [-0.4, -0.2) is 38.8 Å². The lowest BCUT2D eigenvalue weighted by Crippen LogP contribution is -2.39. The Morgan fingerprint density at radius 3 is 2.33 bits per heavy atom. The smallest absolute Gasteiger partial charge is 0.274 e. The van der Waals surface area contributed by atoms with Crippen molar-refractivity contribution in [1.29, 1.82) is 0 Å². The summed E-state index contributed by atoms with van der Waals surface area (Å²) in [7, 11) is 0. The molecular weight excluding hydrogens is 385 g/mol. The molecule has 3 rings (SSSR count). The number of para-hydroxylation sites is 1. The number of aliphatic hydroxyl groups excluding tert-OH is 1. The van der Waals surface area contributed by atoms with Gasteiger partial charge in [0.2, 0.25) is 0 Å². The highest BCUT2D eigenvalue weighted by atomic mass is 19.1. The van der Waals surface area contributed by atoms with Gasteiger partial charge < -0.3 is 10.0 Å². The number of halogens is 1. The minimum absolute atomic E-state index is 0.0226. The topological polar surface area (TPSA) is 75.4 Å². The monoisotopic (exact) mass is 409 g/mol. The Bertz CT molecular complexity index is 1050. The Labute approximate surface area is 174 Å². The zero-order chi connectivity index (χ0) is 21.7. The lowest BCUT2D eigenvalue weighted by atomic mass is 10.1. The molecule has 0 bridgehead atoms. The van der Waals surface area contributed by atoms with E-state index in [1.165, 1.54) is 46.0 Å². The Morgan fingerprint density at radius 2 is 1.70 bits per heavy atom. The first-order valence-electron chi connectivity index (χ1n) is 9.73. The summed E-state index contributed by atoms with van der Waals surface area (Å²) in [6, 6.07) is 17.1. The van der Waals surface area contributed by atoms with Crippen LogP contribution < -0.4 is 5.56 Å². The maximum Gasteiger partial charge on any atom is 0.274 e. The van der Waals surface area contributed by atoms with Gasteiger partial charge in [-0.3, -0.25) is 9.59 Å². The van der Waals surface area contributed by atoms with Crippen LogP contribution in [0, 0.1) is 11.7 Å². The number of benzene rings is 2. The van der Waals surface area contributed by atoms with Crippen molar-refractivity contribution in [3.63, 3.8) is 0 Å². The van der Waals surface area contributed by atoms with Gasteiger partial charge in [0.1, 0.15) is 11.5 Å². The second kappa shape index (κ2) is 9.45. The van der Waals surface area contributed by atoms with Gasteiger partial charge >= 0.3 is 0 Å². The summed E-state index contributed by atoms with van der Waals surface area (Å²) < 4.78 is 14.3. The second-order valence-electron chi connectivity index (χ2n) is 7.48. The summed E-state index contributed by atoms with van der Waals surface area (Å²) in [5.74, 6) is -0.641. The fourth-order valence-corrected chi connectivity index (χ4v) is 3.12. The molecule has 0 saturated carbocycles. The minimum atomic E-state index is -0.978. The molecule has 0 fully saturated rings. The van der Waals surface area contributed by atoms with Gasteiger partial charge in [0.05, 0.1) is 18.3 Å².